The molecule has 1 saturated carbocycles. The highest BCUT2D eigenvalue weighted by Gasteiger charge is 2.45. The van der Waals surface area contributed by atoms with Gasteiger partial charge in [0.05, 0.1) is 11.4 Å². The number of nitrogens with one attached hydrogen (secondary N) is 1. The SMILES string of the molecule is [C-]#[N+]C[C@H]1C[C@@H]1C(=O)Nc1cc2cc(-c3cnc(-c4ccccc4)cc3C)nc(N)c2cn1. The van der Waals surface area contributed by atoms with E-state index in [0.717, 1.165) is 39.6 Å². The summed E-state index contributed by atoms with van der Waals surface area (Å²) in [5.74, 6) is 0.801. The molecule has 1 aromatic carbocycles. The molecule has 3 N–H and O–H groups in total. The van der Waals surface area contributed by atoms with Crippen LogP contribution in [-0.4, -0.2) is 27.4 Å². The average molecular weight is 435 g/mol. The van der Waals surface area contributed by atoms with Crippen molar-refractivity contribution in [3.05, 3.63) is 77.9 Å². The van der Waals surface area contributed by atoms with Gasteiger partial charge in [-0.3, -0.25) is 9.78 Å². The summed E-state index contributed by atoms with van der Waals surface area (Å²) in [6, 6.07) is 15.8. The molecule has 1 amide bonds. The molecule has 33 heavy (non-hydrogen) atoms. The number of rotatable bonds is 5. The van der Waals surface area contributed by atoms with Gasteiger partial charge in [0.25, 0.3) is 0 Å². The van der Waals surface area contributed by atoms with Crippen LogP contribution in [-0.2, 0) is 4.79 Å². The molecule has 0 spiro atoms. The third-order valence-electron chi connectivity index (χ3n) is 6.04. The monoisotopic (exact) mass is 434 g/mol. The van der Waals surface area contributed by atoms with Gasteiger partial charge in [-0.25, -0.2) is 16.5 Å². The molecule has 1 fully saturated rings. The number of aryl methyl sites for hydroxylation is 1. The Balaban J connectivity index is 1.45. The topological polar surface area (TPSA) is 98.2 Å². The molecule has 7 heteroatoms. The second kappa shape index (κ2) is 8.32. The maximum atomic E-state index is 12.4. The number of carbonyl (C=O) groups excluding carboxylic acids is 1. The fourth-order valence-corrected chi connectivity index (χ4v) is 4.08. The molecule has 3 aromatic heterocycles. The molecule has 3 heterocycles. The van der Waals surface area contributed by atoms with Gasteiger partial charge in [0.1, 0.15) is 11.6 Å². The van der Waals surface area contributed by atoms with Crippen LogP contribution >= 0.6 is 0 Å². The second-order valence-electron chi connectivity index (χ2n) is 8.37. The van der Waals surface area contributed by atoms with Gasteiger partial charge in [0.2, 0.25) is 12.5 Å². The molecule has 0 unspecified atom stereocenters. The first-order valence-corrected chi connectivity index (χ1v) is 10.8. The van der Waals surface area contributed by atoms with E-state index >= 15 is 0 Å². The lowest BCUT2D eigenvalue weighted by atomic mass is 10.0. The van der Waals surface area contributed by atoms with Crippen molar-refractivity contribution in [3.63, 3.8) is 0 Å². The van der Waals surface area contributed by atoms with E-state index in [1.807, 2.05) is 61.7 Å². The van der Waals surface area contributed by atoms with E-state index in [2.05, 4.69) is 25.1 Å². The van der Waals surface area contributed by atoms with Crippen molar-refractivity contribution < 1.29 is 4.79 Å². The van der Waals surface area contributed by atoms with Crippen LogP contribution in [0.25, 0.3) is 38.1 Å². The predicted octanol–water partition coefficient (Wildman–Crippen LogP) is 4.74. The Kier molecular flexibility index (Phi) is 5.19. The van der Waals surface area contributed by atoms with E-state index in [9.17, 15) is 4.79 Å². The highest BCUT2D eigenvalue weighted by molar-refractivity contribution is 5.98. The van der Waals surface area contributed by atoms with Crippen molar-refractivity contribution in [2.24, 2.45) is 11.8 Å². The van der Waals surface area contributed by atoms with E-state index < -0.39 is 0 Å². The zero-order valence-corrected chi connectivity index (χ0v) is 18.1. The van der Waals surface area contributed by atoms with Gasteiger partial charge in [-0.2, -0.15) is 0 Å². The molecule has 7 nitrogen and oxygen atoms in total. The summed E-state index contributed by atoms with van der Waals surface area (Å²) in [5, 5.41) is 4.43. The molecular formula is C26H22N6O. The van der Waals surface area contributed by atoms with Gasteiger partial charge in [0, 0.05) is 40.7 Å². The lowest BCUT2D eigenvalue weighted by molar-refractivity contribution is -0.117. The minimum Gasteiger partial charge on any atom is -0.383 e. The van der Waals surface area contributed by atoms with Gasteiger partial charge in [-0.05, 0) is 42.5 Å². The van der Waals surface area contributed by atoms with E-state index in [-0.39, 0.29) is 17.7 Å². The van der Waals surface area contributed by atoms with Crippen molar-refractivity contribution in [2.45, 2.75) is 13.3 Å². The predicted molar refractivity (Wildman–Crippen MR) is 129 cm³/mol. The van der Waals surface area contributed by atoms with Crippen LogP contribution in [0.15, 0.2) is 60.9 Å². The first kappa shape index (κ1) is 20.6. The molecule has 1 aliphatic rings. The molecule has 0 radical (unpaired) electrons. The van der Waals surface area contributed by atoms with Gasteiger partial charge >= 0.3 is 0 Å². The number of anilines is 2. The molecule has 0 saturated heterocycles. The molecule has 162 valence electrons. The maximum absolute atomic E-state index is 12.4. The maximum Gasteiger partial charge on any atom is 0.229 e. The molecule has 1 aliphatic carbocycles. The fourth-order valence-electron chi connectivity index (χ4n) is 4.08. The number of nitrogens with two attached hydrogens (primary N) is 1. The average Bonchev–Trinajstić information content (AvgIpc) is 3.59. The molecule has 0 aliphatic heterocycles. The Morgan fingerprint density at radius 3 is 2.73 bits per heavy atom. The number of fused-ring (bicyclic) bond motifs is 1. The zero-order chi connectivity index (χ0) is 22.9. The lowest BCUT2D eigenvalue weighted by Crippen LogP contribution is -2.16. The van der Waals surface area contributed by atoms with Crippen LogP contribution in [0, 0.1) is 25.3 Å². The normalized spacial score (nSPS) is 16.8. The first-order valence-electron chi connectivity index (χ1n) is 10.8. The number of nitrogen functional groups attached to an aromatic ring is 1. The van der Waals surface area contributed by atoms with Crippen molar-refractivity contribution in [1.29, 1.82) is 0 Å². The minimum atomic E-state index is -0.105. The van der Waals surface area contributed by atoms with E-state index in [4.69, 9.17) is 12.3 Å². The summed E-state index contributed by atoms with van der Waals surface area (Å²) in [7, 11) is 0. The van der Waals surface area contributed by atoms with Crippen molar-refractivity contribution >= 4 is 28.3 Å². The van der Waals surface area contributed by atoms with E-state index in [0.29, 0.717) is 23.9 Å². The van der Waals surface area contributed by atoms with Crippen LogP contribution < -0.4 is 11.1 Å². The third-order valence-corrected chi connectivity index (χ3v) is 6.04. The Morgan fingerprint density at radius 1 is 1.15 bits per heavy atom. The highest BCUT2D eigenvalue weighted by atomic mass is 16.2. The number of benzene rings is 1. The van der Waals surface area contributed by atoms with Crippen LogP contribution in [0.4, 0.5) is 11.6 Å². The molecule has 5 rings (SSSR count). The minimum absolute atomic E-state index is 0.0886. The first-order chi connectivity index (χ1) is 16.0. The van der Waals surface area contributed by atoms with Gasteiger partial charge in [0.15, 0.2) is 0 Å². The molecule has 0 bridgehead atoms. The van der Waals surface area contributed by atoms with Crippen molar-refractivity contribution in [1.82, 2.24) is 15.0 Å². The standard InChI is InChI=1S/C26H22N6O/c1-15-8-22(16-6-4-3-5-7-16)29-13-20(15)23-10-17-11-24(30-14-21(17)25(27)31-23)32-26(33)19-9-18(19)12-28-2/h3-8,10-11,13-14,18-19H,9,12H2,1H3,(H2,27,31)(H,30,32,33)/t18-,19+/m1/s1. The number of carbonyl (C=O) groups is 1. The summed E-state index contributed by atoms with van der Waals surface area (Å²) in [6.45, 7) is 9.38. The number of pyridine rings is 3. The van der Waals surface area contributed by atoms with Crippen LogP contribution in [0.1, 0.15) is 12.0 Å². The molecule has 4 aromatic rings. The smallest absolute Gasteiger partial charge is 0.229 e. The Bertz CT molecular complexity index is 1410. The quantitative estimate of drug-likeness (QED) is 0.442. The van der Waals surface area contributed by atoms with Gasteiger partial charge in [-0.15, -0.1) is 0 Å². The summed E-state index contributed by atoms with van der Waals surface area (Å²) >= 11 is 0. The Labute approximate surface area is 191 Å². The number of amides is 1. The Hall–Kier alpha value is -4.31. The number of hydrogen-bond donors (Lipinski definition) is 2. The van der Waals surface area contributed by atoms with Crippen LogP contribution in [0.2, 0.25) is 0 Å². The van der Waals surface area contributed by atoms with Gasteiger partial charge < -0.3 is 15.9 Å². The number of hydrogen-bond acceptors (Lipinski definition) is 5. The zero-order valence-electron chi connectivity index (χ0n) is 18.1. The van der Waals surface area contributed by atoms with Crippen molar-refractivity contribution in [3.8, 4) is 22.5 Å². The summed E-state index contributed by atoms with van der Waals surface area (Å²) in [6.07, 6.45) is 4.21. The van der Waals surface area contributed by atoms with E-state index in [1.54, 1.807) is 6.20 Å². The highest BCUT2D eigenvalue weighted by Crippen LogP contribution is 2.39. The van der Waals surface area contributed by atoms with Crippen molar-refractivity contribution in [2.75, 3.05) is 17.6 Å². The van der Waals surface area contributed by atoms with Crippen LogP contribution in [0.3, 0.4) is 0 Å². The van der Waals surface area contributed by atoms with Crippen LogP contribution in [0.5, 0.6) is 0 Å². The number of aromatic nitrogens is 3. The Morgan fingerprint density at radius 2 is 1.97 bits per heavy atom. The largest absolute Gasteiger partial charge is 0.383 e. The lowest BCUT2D eigenvalue weighted by Gasteiger charge is -2.11. The fraction of sp³-hybridized carbons (Fsp3) is 0.192. The summed E-state index contributed by atoms with van der Waals surface area (Å²) in [4.78, 5) is 29.4. The third kappa shape index (κ3) is 4.11. The van der Waals surface area contributed by atoms with E-state index in [1.165, 1.54) is 0 Å². The molecular weight excluding hydrogens is 412 g/mol. The summed E-state index contributed by atoms with van der Waals surface area (Å²) < 4.78 is 0. The summed E-state index contributed by atoms with van der Waals surface area (Å²) in [5.41, 5.74) is 10.8. The number of nitrogens with zero attached hydrogens (tertiary/aromatic N) is 4. The molecule has 2 atom stereocenters. The second-order valence-corrected chi connectivity index (χ2v) is 8.37. The van der Waals surface area contributed by atoms with Gasteiger partial charge in [-0.1, -0.05) is 30.3 Å².